The first-order chi connectivity index (χ1) is 13.1. The van der Waals surface area contributed by atoms with Crippen LogP contribution in [0.2, 0.25) is 0 Å². The number of allylic oxidation sites excluding steroid dienone is 1. The van der Waals surface area contributed by atoms with Gasteiger partial charge in [-0.2, -0.15) is 0 Å². The fraction of sp³-hybridized carbons (Fsp3) is 0.818. The van der Waals surface area contributed by atoms with Crippen LogP contribution in [0.25, 0.3) is 0 Å². The van der Waals surface area contributed by atoms with E-state index in [9.17, 15) is 19.8 Å². The number of carbonyl (C=O) groups is 2. The summed E-state index contributed by atoms with van der Waals surface area (Å²) in [7, 11) is 0. The van der Waals surface area contributed by atoms with E-state index < -0.39 is 22.7 Å². The molecule has 0 aromatic heterocycles. The van der Waals surface area contributed by atoms with Crippen LogP contribution in [0.15, 0.2) is 12.2 Å². The van der Waals surface area contributed by atoms with Crippen LogP contribution >= 0.6 is 0 Å². The summed E-state index contributed by atoms with van der Waals surface area (Å²) in [5.41, 5.74) is -1.34. The van der Waals surface area contributed by atoms with E-state index in [1.54, 1.807) is 0 Å². The van der Waals surface area contributed by atoms with Crippen molar-refractivity contribution in [3.8, 4) is 0 Å². The second-order valence-corrected chi connectivity index (χ2v) is 10.3. The maximum Gasteiger partial charge on any atom is 0.302 e. The molecule has 8 atom stereocenters. The van der Waals surface area contributed by atoms with E-state index in [1.807, 2.05) is 6.92 Å². The predicted molar refractivity (Wildman–Crippen MR) is 98.8 cm³/mol. The van der Waals surface area contributed by atoms with Gasteiger partial charge in [-0.25, -0.2) is 0 Å². The van der Waals surface area contributed by atoms with Gasteiger partial charge >= 0.3 is 5.97 Å². The number of fused-ring (bicyclic) bond motifs is 2. The minimum absolute atomic E-state index is 0.0351. The second kappa shape index (κ2) is 5.46. The molecule has 2 heterocycles. The molecule has 4 bridgehead atoms. The lowest BCUT2D eigenvalue weighted by Crippen LogP contribution is -2.81. The first kappa shape index (κ1) is 18.8. The predicted octanol–water partition coefficient (Wildman–Crippen LogP) is 1.98. The van der Waals surface area contributed by atoms with Crippen LogP contribution in [-0.4, -0.2) is 47.1 Å². The van der Waals surface area contributed by atoms with E-state index in [2.05, 4.69) is 6.58 Å². The zero-order valence-electron chi connectivity index (χ0n) is 16.7. The SMILES string of the molecule is C=C1C(=O)[C@]23C[C@H]1CC[C@H]2[C@]12CCC[C@@](C)(COC(C)=O)[C@H]1[C@H](O)[C@]3(O)OC2. The van der Waals surface area contributed by atoms with Crippen molar-refractivity contribution in [2.45, 2.75) is 64.3 Å². The Morgan fingerprint density at radius 1 is 1.36 bits per heavy atom. The molecule has 6 rings (SSSR count). The Kier molecular flexibility index (Phi) is 3.66. The molecule has 0 aromatic rings. The normalized spacial score (nSPS) is 54.3. The van der Waals surface area contributed by atoms with E-state index in [4.69, 9.17) is 9.47 Å². The summed E-state index contributed by atoms with van der Waals surface area (Å²) in [5, 5.41) is 23.3. The number of Topliss-reactive ketones (excluding diaryl/α,β-unsaturated/α-hetero) is 1. The van der Waals surface area contributed by atoms with Gasteiger partial charge in [0.25, 0.3) is 0 Å². The van der Waals surface area contributed by atoms with Crippen molar-refractivity contribution in [3.05, 3.63) is 12.2 Å². The fourth-order valence-corrected chi connectivity index (χ4v) is 8.16. The van der Waals surface area contributed by atoms with Crippen molar-refractivity contribution in [1.82, 2.24) is 0 Å². The molecular formula is C22H30O6. The molecule has 6 heteroatoms. The lowest BCUT2D eigenvalue weighted by atomic mass is 9.36. The van der Waals surface area contributed by atoms with Crippen LogP contribution in [0.1, 0.15) is 52.4 Å². The summed E-state index contributed by atoms with van der Waals surface area (Å²) in [6.45, 7) is 8.02. The molecule has 2 spiro atoms. The van der Waals surface area contributed by atoms with E-state index in [0.29, 0.717) is 18.6 Å². The maximum atomic E-state index is 13.4. The Bertz CT molecular complexity index is 777. The topological polar surface area (TPSA) is 93.1 Å². The summed E-state index contributed by atoms with van der Waals surface area (Å²) in [6.07, 6.45) is 3.67. The second-order valence-electron chi connectivity index (χ2n) is 10.3. The lowest BCUT2D eigenvalue weighted by Gasteiger charge is -2.73. The molecule has 2 N–H and O–H groups in total. The molecule has 0 amide bonds. The molecule has 0 radical (unpaired) electrons. The molecule has 4 saturated carbocycles. The highest BCUT2D eigenvalue weighted by Gasteiger charge is 2.83. The number of hydrogen-bond donors (Lipinski definition) is 2. The monoisotopic (exact) mass is 390 g/mol. The van der Waals surface area contributed by atoms with E-state index >= 15 is 0 Å². The number of carbonyl (C=O) groups excluding carboxylic acids is 2. The van der Waals surface area contributed by atoms with Crippen molar-refractivity contribution in [2.24, 2.45) is 34.0 Å². The van der Waals surface area contributed by atoms with Crippen molar-refractivity contribution in [2.75, 3.05) is 13.2 Å². The maximum absolute atomic E-state index is 13.4. The third-order valence-corrected chi connectivity index (χ3v) is 9.13. The van der Waals surface area contributed by atoms with Gasteiger partial charge in [0.2, 0.25) is 5.79 Å². The van der Waals surface area contributed by atoms with E-state index in [0.717, 1.165) is 32.1 Å². The van der Waals surface area contributed by atoms with Gasteiger partial charge in [-0.15, -0.1) is 0 Å². The Morgan fingerprint density at radius 3 is 2.82 bits per heavy atom. The van der Waals surface area contributed by atoms with E-state index in [1.165, 1.54) is 6.92 Å². The number of aliphatic hydroxyl groups excluding tert-OH is 1. The number of rotatable bonds is 2. The molecule has 0 aromatic carbocycles. The molecule has 28 heavy (non-hydrogen) atoms. The van der Waals surface area contributed by atoms with Gasteiger partial charge in [0.15, 0.2) is 5.78 Å². The molecule has 4 aliphatic carbocycles. The van der Waals surface area contributed by atoms with Gasteiger partial charge in [0.1, 0.15) is 6.10 Å². The highest BCUT2D eigenvalue weighted by molar-refractivity contribution is 6.04. The van der Waals surface area contributed by atoms with Crippen molar-refractivity contribution in [1.29, 1.82) is 0 Å². The van der Waals surface area contributed by atoms with Crippen LogP contribution in [0.4, 0.5) is 0 Å². The van der Waals surface area contributed by atoms with Crippen LogP contribution in [0.3, 0.4) is 0 Å². The first-order valence-electron chi connectivity index (χ1n) is 10.5. The third-order valence-electron chi connectivity index (χ3n) is 9.13. The molecule has 154 valence electrons. The standard InChI is InChI=1S/C22H30O6/c1-12-14-5-6-15-20-8-4-7-19(3,10-27-13(2)23)16(20)18(25)22(26,28-11-20)21(15,9-14)17(12)24/h14-16,18,25-26H,1,4-11H2,2-3H3/t14-,15+,16-,18+,19+,20-,21+,22+/m1/s1. The number of aliphatic hydroxyl groups is 2. The Hall–Kier alpha value is -1.24. The largest absolute Gasteiger partial charge is 0.465 e. The van der Waals surface area contributed by atoms with Crippen molar-refractivity contribution in [3.63, 3.8) is 0 Å². The molecule has 6 fully saturated rings. The summed E-state index contributed by atoms with van der Waals surface area (Å²) in [4.78, 5) is 24.9. The highest BCUT2D eigenvalue weighted by Crippen LogP contribution is 2.76. The molecule has 6 aliphatic rings. The highest BCUT2D eigenvalue weighted by atomic mass is 16.6. The lowest BCUT2D eigenvalue weighted by molar-refractivity contribution is -0.439. The quantitative estimate of drug-likeness (QED) is 0.553. The van der Waals surface area contributed by atoms with Gasteiger partial charge in [-0.1, -0.05) is 19.9 Å². The van der Waals surface area contributed by atoms with Crippen LogP contribution in [0.5, 0.6) is 0 Å². The van der Waals surface area contributed by atoms with E-state index in [-0.39, 0.29) is 41.5 Å². The Labute approximate surface area is 165 Å². The zero-order chi connectivity index (χ0) is 20.1. The average Bonchev–Trinajstić information content (AvgIpc) is 2.84. The van der Waals surface area contributed by atoms with Crippen molar-refractivity contribution >= 4 is 11.8 Å². The number of esters is 1. The Balaban J connectivity index is 1.65. The van der Waals surface area contributed by atoms with Crippen LogP contribution in [0, 0.1) is 34.0 Å². The minimum Gasteiger partial charge on any atom is -0.465 e. The fourth-order valence-electron chi connectivity index (χ4n) is 8.16. The minimum atomic E-state index is -1.89. The van der Waals surface area contributed by atoms with Gasteiger partial charge in [0, 0.05) is 23.7 Å². The number of hydrogen-bond acceptors (Lipinski definition) is 6. The van der Waals surface area contributed by atoms with Gasteiger partial charge in [-0.3, -0.25) is 9.59 Å². The molecule has 2 saturated heterocycles. The molecule has 6 nitrogen and oxygen atoms in total. The van der Waals surface area contributed by atoms with Gasteiger partial charge in [-0.05, 0) is 49.5 Å². The summed E-state index contributed by atoms with van der Waals surface area (Å²) >= 11 is 0. The van der Waals surface area contributed by atoms with Crippen LogP contribution in [-0.2, 0) is 19.1 Å². The summed E-state index contributed by atoms with van der Waals surface area (Å²) < 4.78 is 11.4. The number of ketones is 1. The van der Waals surface area contributed by atoms with Gasteiger partial charge in [0.05, 0.1) is 18.6 Å². The molecule has 0 unspecified atom stereocenters. The molecular weight excluding hydrogens is 360 g/mol. The van der Waals surface area contributed by atoms with Gasteiger partial charge < -0.3 is 19.7 Å². The summed E-state index contributed by atoms with van der Waals surface area (Å²) in [6, 6.07) is 0. The van der Waals surface area contributed by atoms with Crippen LogP contribution < -0.4 is 0 Å². The third kappa shape index (κ3) is 1.86. The average molecular weight is 390 g/mol. The van der Waals surface area contributed by atoms with Crippen molar-refractivity contribution < 1.29 is 29.3 Å². The summed E-state index contributed by atoms with van der Waals surface area (Å²) in [5.74, 6) is -2.58. The first-order valence-corrected chi connectivity index (χ1v) is 10.5. The smallest absolute Gasteiger partial charge is 0.302 e. The molecule has 2 aliphatic heterocycles. The zero-order valence-corrected chi connectivity index (χ0v) is 16.7. The number of ether oxygens (including phenoxy) is 2. The Morgan fingerprint density at radius 2 is 2.11 bits per heavy atom.